The molecule has 33 heavy (non-hydrogen) atoms. The van der Waals surface area contributed by atoms with Crippen LogP contribution in [0.15, 0.2) is 65.6 Å². The van der Waals surface area contributed by atoms with Crippen LogP contribution in [0.3, 0.4) is 0 Å². The molecular weight excluding hydrogens is 433 g/mol. The molecule has 4 aromatic rings. The Labute approximate surface area is 187 Å². The zero-order valence-corrected chi connectivity index (χ0v) is 18.1. The molecule has 0 saturated carbocycles. The summed E-state index contributed by atoms with van der Waals surface area (Å²) < 4.78 is 42.0. The van der Waals surface area contributed by atoms with Gasteiger partial charge in [-0.15, -0.1) is 0 Å². The predicted octanol–water partition coefficient (Wildman–Crippen LogP) is 5.02. The van der Waals surface area contributed by atoms with Crippen molar-refractivity contribution in [1.82, 2.24) is 14.3 Å². The van der Waals surface area contributed by atoms with Gasteiger partial charge in [-0.3, -0.25) is 9.59 Å². The van der Waals surface area contributed by atoms with Crippen LogP contribution in [0, 0.1) is 13.8 Å². The second-order valence-corrected chi connectivity index (χ2v) is 7.77. The highest BCUT2D eigenvalue weighted by molar-refractivity contribution is 5.95. The van der Waals surface area contributed by atoms with Gasteiger partial charge in [0.25, 0.3) is 5.56 Å². The van der Waals surface area contributed by atoms with E-state index < -0.39 is 23.7 Å². The molecule has 2 heterocycles. The lowest BCUT2D eigenvalue weighted by Crippen LogP contribution is -2.25. The second-order valence-electron chi connectivity index (χ2n) is 7.77. The van der Waals surface area contributed by atoms with Crippen molar-refractivity contribution >= 4 is 22.4 Å². The van der Waals surface area contributed by atoms with Crippen molar-refractivity contribution in [1.29, 1.82) is 0 Å². The van der Waals surface area contributed by atoms with Crippen molar-refractivity contribution in [2.24, 2.45) is 0 Å². The number of carbonyl (C=O) groups is 1. The third-order valence-electron chi connectivity index (χ3n) is 5.68. The smallest absolute Gasteiger partial charge is 0.336 e. The van der Waals surface area contributed by atoms with Crippen LogP contribution in [-0.2, 0) is 11.0 Å². The fraction of sp³-hybridized carbons (Fsp3) is 0.208. The molecular formula is C24H21F3N4O2. The minimum atomic E-state index is -4.51. The summed E-state index contributed by atoms with van der Waals surface area (Å²) in [5.74, 6) is -0.503. The van der Waals surface area contributed by atoms with Crippen molar-refractivity contribution in [3.63, 3.8) is 0 Å². The van der Waals surface area contributed by atoms with E-state index in [0.717, 1.165) is 12.1 Å². The lowest BCUT2D eigenvalue weighted by atomic mass is 10.2. The number of rotatable bonds is 4. The van der Waals surface area contributed by atoms with Gasteiger partial charge in [-0.25, -0.2) is 0 Å². The number of amides is 1. The zero-order chi connectivity index (χ0) is 23.9. The molecule has 0 saturated heterocycles. The van der Waals surface area contributed by atoms with Gasteiger partial charge in [0.2, 0.25) is 5.91 Å². The van der Waals surface area contributed by atoms with Gasteiger partial charge in [0.15, 0.2) is 0 Å². The van der Waals surface area contributed by atoms with E-state index in [9.17, 15) is 22.8 Å². The molecule has 1 amide bonds. The lowest BCUT2D eigenvalue weighted by molar-refractivity contribution is -0.137. The van der Waals surface area contributed by atoms with Gasteiger partial charge >= 0.3 is 6.18 Å². The number of anilines is 1. The van der Waals surface area contributed by atoms with Crippen LogP contribution in [-0.4, -0.2) is 20.3 Å². The Hall–Kier alpha value is -3.88. The highest BCUT2D eigenvalue weighted by Gasteiger charge is 2.31. The third kappa shape index (κ3) is 4.02. The van der Waals surface area contributed by atoms with Gasteiger partial charge < -0.3 is 9.88 Å². The number of carbonyl (C=O) groups excluding carboxylic acids is 1. The topological polar surface area (TPSA) is 68.9 Å². The predicted molar refractivity (Wildman–Crippen MR) is 120 cm³/mol. The van der Waals surface area contributed by atoms with E-state index in [4.69, 9.17) is 0 Å². The molecule has 2 aromatic heterocycles. The van der Waals surface area contributed by atoms with E-state index in [-0.39, 0.29) is 11.2 Å². The van der Waals surface area contributed by atoms with Crippen molar-refractivity contribution in [2.45, 2.75) is 33.0 Å². The van der Waals surface area contributed by atoms with E-state index in [1.54, 1.807) is 55.8 Å². The minimum absolute atomic E-state index is 0.0433. The maximum Gasteiger partial charge on any atom is 0.416 e. The minimum Gasteiger partial charge on any atom is -0.336 e. The number of aromatic nitrogens is 3. The fourth-order valence-electron chi connectivity index (χ4n) is 4.05. The summed E-state index contributed by atoms with van der Waals surface area (Å²) in [4.78, 5) is 26.1. The molecule has 170 valence electrons. The first-order chi connectivity index (χ1) is 15.6. The average Bonchev–Trinajstić information content (AvgIpc) is 3.04. The van der Waals surface area contributed by atoms with Crippen LogP contribution in [0.5, 0.6) is 0 Å². The highest BCUT2D eigenvalue weighted by atomic mass is 19.4. The molecule has 4 rings (SSSR count). The first-order valence-electron chi connectivity index (χ1n) is 10.2. The Bertz CT molecular complexity index is 1410. The maximum absolute atomic E-state index is 13.2. The van der Waals surface area contributed by atoms with Crippen molar-refractivity contribution in [2.75, 3.05) is 5.32 Å². The number of aryl methyl sites for hydroxylation is 2. The number of fused-ring (bicyclic) bond motifs is 1. The number of alkyl halides is 3. The number of benzene rings is 2. The Morgan fingerprint density at radius 3 is 2.39 bits per heavy atom. The van der Waals surface area contributed by atoms with Crippen LogP contribution in [0.2, 0.25) is 0 Å². The molecule has 2 aromatic carbocycles. The van der Waals surface area contributed by atoms with Gasteiger partial charge in [-0.05, 0) is 51.1 Å². The molecule has 0 aliphatic carbocycles. The summed E-state index contributed by atoms with van der Waals surface area (Å²) in [6.45, 7) is 5.14. The summed E-state index contributed by atoms with van der Waals surface area (Å²) >= 11 is 0. The number of nitrogens with one attached hydrogen (secondary N) is 1. The highest BCUT2D eigenvalue weighted by Crippen LogP contribution is 2.31. The first-order valence-corrected chi connectivity index (χ1v) is 10.2. The van der Waals surface area contributed by atoms with E-state index in [1.807, 2.05) is 6.07 Å². The van der Waals surface area contributed by atoms with Crippen molar-refractivity contribution in [3.05, 3.63) is 88.1 Å². The van der Waals surface area contributed by atoms with Crippen LogP contribution in [0.4, 0.5) is 18.9 Å². The Morgan fingerprint density at radius 1 is 1.03 bits per heavy atom. The Morgan fingerprint density at radius 2 is 1.73 bits per heavy atom. The summed E-state index contributed by atoms with van der Waals surface area (Å²) in [5, 5.41) is 7.87. The molecule has 0 fully saturated rings. The summed E-state index contributed by atoms with van der Waals surface area (Å²) in [5.41, 5.74) is 0.736. The normalized spacial score (nSPS) is 12.7. The lowest BCUT2D eigenvalue weighted by Gasteiger charge is -2.18. The fourth-order valence-corrected chi connectivity index (χ4v) is 4.05. The van der Waals surface area contributed by atoms with E-state index in [2.05, 4.69) is 10.4 Å². The molecule has 1 N–H and O–H groups in total. The molecule has 0 spiro atoms. The number of nitrogens with zero attached hydrogens (tertiary/aromatic N) is 3. The summed E-state index contributed by atoms with van der Waals surface area (Å²) in [7, 11) is 0. The van der Waals surface area contributed by atoms with Crippen molar-refractivity contribution < 1.29 is 18.0 Å². The Kier molecular flexibility index (Phi) is 5.57. The standard InChI is InChI=1S/C24H21F3N4O2/c1-14-20-13-28-31(19-10-5-4-6-11-19)23(33)21(20)15(2)30(14)16(3)22(32)29-18-9-7-8-17(12-18)24(25,26)27/h4-13,16H,1-3H3,(H,29,32)/t16-/m0/s1. The van der Waals surface area contributed by atoms with Crippen LogP contribution >= 0.6 is 0 Å². The first kappa shape index (κ1) is 22.3. The van der Waals surface area contributed by atoms with E-state index in [1.165, 1.54) is 16.8 Å². The molecule has 0 aliphatic rings. The molecule has 1 atom stereocenters. The SMILES string of the molecule is Cc1c2cnn(-c3ccccc3)c(=O)c2c(C)n1[C@@H](C)C(=O)Nc1cccc(C(F)(F)F)c1. The number of halogens is 3. The molecule has 0 radical (unpaired) electrons. The summed E-state index contributed by atoms with van der Waals surface area (Å²) in [6.07, 6.45) is -2.93. The van der Waals surface area contributed by atoms with Crippen LogP contribution in [0.1, 0.15) is 29.9 Å². The van der Waals surface area contributed by atoms with Crippen LogP contribution < -0.4 is 10.9 Å². The van der Waals surface area contributed by atoms with Crippen LogP contribution in [0.25, 0.3) is 16.5 Å². The molecule has 6 nitrogen and oxygen atoms in total. The second kappa shape index (κ2) is 8.23. The molecule has 9 heteroatoms. The number of hydrogen-bond donors (Lipinski definition) is 1. The van der Waals surface area contributed by atoms with Gasteiger partial charge in [0.1, 0.15) is 6.04 Å². The van der Waals surface area contributed by atoms with E-state index in [0.29, 0.717) is 27.8 Å². The van der Waals surface area contributed by atoms with Gasteiger partial charge in [0.05, 0.1) is 22.8 Å². The molecule has 0 bridgehead atoms. The summed E-state index contributed by atoms with van der Waals surface area (Å²) in [6, 6.07) is 12.7. The molecule has 0 aliphatic heterocycles. The largest absolute Gasteiger partial charge is 0.416 e. The Balaban J connectivity index is 1.72. The molecule has 0 unspecified atom stereocenters. The quantitative estimate of drug-likeness (QED) is 0.471. The van der Waals surface area contributed by atoms with Crippen molar-refractivity contribution in [3.8, 4) is 5.69 Å². The van der Waals surface area contributed by atoms with E-state index >= 15 is 0 Å². The maximum atomic E-state index is 13.2. The van der Waals surface area contributed by atoms with Gasteiger partial charge in [-0.2, -0.15) is 23.0 Å². The third-order valence-corrected chi connectivity index (χ3v) is 5.68. The number of para-hydroxylation sites is 1. The average molecular weight is 454 g/mol. The zero-order valence-electron chi connectivity index (χ0n) is 18.1. The van der Waals surface area contributed by atoms with Gasteiger partial charge in [-0.1, -0.05) is 24.3 Å². The monoisotopic (exact) mass is 454 g/mol. The van der Waals surface area contributed by atoms with Gasteiger partial charge in [0, 0.05) is 22.5 Å². The number of hydrogen-bond acceptors (Lipinski definition) is 3.